The van der Waals surface area contributed by atoms with Gasteiger partial charge in [0.2, 0.25) is 0 Å². The molecule has 0 N–H and O–H groups in total. The van der Waals surface area contributed by atoms with Gasteiger partial charge in [0.15, 0.2) is 0 Å². The monoisotopic (exact) mass is 791 g/mol. The van der Waals surface area contributed by atoms with E-state index in [4.69, 9.17) is 4.74 Å². The van der Waals surface area contributed by atoms with Gasteiger partial charge in [0.25, 0.3) is 0 Å². The summed E-state index contributed by atoms with van der Waals surface area (Å²) < 4.78 is 13.3. The van der Waals surface area contributed by atoms with Gasteiger partial charge >= 0.3 is 0 Å². The van der Waals surface area contributed by atoms with Crippen molar-refractivity contribution in [3.63, 3.8) is 0 Å². The van der Waals surface area contributed by atoms with Gasteiger partial charge in [-0.25, -0.2) is 9.35 Å². The topological polar surface area (TPSA) is 24.0 Å². The largest absolute Gasteiger partial charge is 0.457 e. The first-order valence-electron chi connectivity index (χ1n) is 21.2. The Hall–Kier alpha value is -8.34. The lowest BCUT2D eigenvalue weighted by Crippen LogP contribution is -2.08. The number of aromatic nitrogens is 3. The first-order valence-corrected chi connectivity index (χ1v) is 21.2. The Kier molecular flexibility index (Phi) is 7.57. The molecule has 4 heteroatoms. The third-order valence-corrected chi connectivity index (χ3v) is 12.7. The van der Waals surface area contributed by atoms with E-state index in [1.807, 2.05) is 42.5 Å². The molecule has 3 aromatic heterocycles. The van der Waals surface area contributed by atoms with E-state index in [-0.39, 0.29) is 0 Å². The van der Waals surface area contributed by atoms with Crippen LogP contribution in [-0.2, 0) is 0 Å². The Morgan fingerprint density at radius 2 is 0.710 bits per heavy atom. The summed E-state index contributed by atoms with van der Waals surface area (Å²) in [6.07, 6.45) is 0. The van der Waals surface area contributed by atoms with Crippen molar-refractivity contribution < 1.29 is 4.74 Å². The fourth-order valence-electron chi connectivity index (χ4n) is 9.88. The summed E-state index contributed by atoms with van der Waals surface area (Å²) in [5.41, 5.74) is 12.9. The molecule has 0 spiro atoms. The second-order valence-corrected chi connectivity index (χ2v) is 16.1. The summed E-state index contributed by atoms with van der Waals surface area (Å²) >= 11 is 0. The molecule has 10 aromatic carbocycles. The SMILES string of the molecule is c1ccc(Oc2ccc(-n3c4ccccc4c4cc(-c5ccc6c(c5)c5cc(-c7cccc8ccccc78)ccc5n6-n5c6ccccc6c6ccccc65)ccc43)cc2)cc1. The summed E-state index contributed by atoms with van der Waals surface area (Å²) in [5, 5.41) is 9.84. The lowest BCUT2D eigenvalue weighted by atomic mass is 9.96. The number of hydrogen-bond acceptors (Lipinski definition) is 1. The third-order valence-electron chi connectivity index (χ3n) is 12.7. The number of benzene rings is 10. The van der Waals surface area contributed by atoms with Gasteiger partial charge in [0, 0.05) is 38.0 Å². The summed E-state index contributed by atoms with van der Waals surface area (Å²) in [6.45, 7) is 0. The molecule has 290 valence electrons. The van der Waals surface area contributed by atoms with Crippen LogP contribution in [0.25, 0.3) is 104 Å². The van der Waals surface area contributed by atoms with E-state index >= 15 is 0 Å². The minimum absolute atomic E-state index is 0.808. The fourth-order valence-corrected chi connectivity index (χ4v) is 9.88. The quantitative estimate of drug-likeness (QED) is 0.165. The van der Waals surface area contributed by atoms with Crippen molar-refractivity contribution in [3.8, 4) is 39.4 Å². The maximum atomic E-state index is 6.14. The molecule has 0 bridgehead atoms. The first kappa shape index (κ1) is 34.5. The van der Waals surface area contributed by atoms with E-state index in [0.29, 0.717) is 0 Å². The predicted octanol–water partition coefficient (Wildman–Crippen LogP) is 15.6. The smallest absolute Gasteiger partial charge is 0.127 e. The number of ether oxygens (including phenoxy) is 1. The molecule has 0 radical (unpaired) electrons. The Balaban J connectivity index is 1.01. The maximum absolute atomic E-state index is 6.14. The number of fused-ring (bicyclic) bond motifs is 10. The van der Waals surface area contributed by atoms with Crippen LogP contribution in [0.1, 0.15) is 0 Å². The van der Waals surface area contributed by atoms with Gasteiger partial charge in [-0.05, 0) is 124 Å². The summed E-state index contributed by atoms with van der Waals surface area (Å²) in [6, 6.07) is 80.8. The molecule has 0 fully saturated rings. The van der Waals surface area contributed by atoms with E-state index < -0.39 is 0 Å². The Morgan fingerprint density at radius 1 is 0.274 bits per heavy atom. The molecule has 0 saturated heterocycles. The zero-order chi connectivity index (χ0) is 40.7. The third kappa shape index (κ3) is 5.27. The van der Waals surface area contributed by atoms with Crippen LogP contribution in [0.5, 0.6) is 11.5 Å². The van der Waals surface area contributed by atoms with E-state index in [0.717, 1.165) is 33.7 Å². The molecule has 62 heavy (non-hydrogen) atoms. The van der Waals surface area contributed by atoms with E-state index in [1.54, 1.807) is 0 Å². The summed E-state index contributed by atoms with van der Waals surface area (Å²) in [5.74, 6) is 1.63. The molecule has 13 aromatic rings. The van der Waals surface area contributed by atoms with Crippen molar-refractivity contribution in [1.82, 2.24) is 13.9 Å². The van der Waals surface area contributed by atoms with Gasteiger partial charge in [-0.2, -0.15) is 0 Å². The molecule has 3 heterocycles. The number of rotatable bonds is 6. The minimum Gasteiger partial charge on any atom is -0.457 e. The van der Waals surface area contributed by atoms with Crippen LogP contribution in [0, 0.1) is 0 Å². The molecule has 0 saturated carbocycles. The Labute approximate surface area is 357 Å². The highest BCUT2D eigenvalue weighted by atomic mass is 16.5. The molecule has 0 amide bonds. The minimum atomic E-state index is 0.808. The Bertz CT molecular complexity index is 3830. The fraction of sp³-hybridized carbons (Fsp3) is 0. The second-order valence-electron chi connectivity index (χ2n) is 16.1. The zero-order valence-corrected chi connectivity index (χ0v) is 33.6. The average molecular weight is 792 g/mol. The predicted molar refractivity (Wildman–Crippen MR) is 259 cm³/mol. The normalized spacial score (nSPS) is 11.9. The maximum Gasteiger partial charge on any atom is 0.127 e. The summed E-state index contributed by atoms with van der Waals surface area (Å²) in [7, 11) is 0. The number of hydrogen-bond donors (Lipinski definition) is 0. The van der Waals surface area contributed by atoms with Crippen LogP contribution < -0.4 is 4.74 Å². The standard InChI is InChI=1S/C58H37N3O/c1-2-15-43(16-3-1)62-44-30-28-42(29-31-44)59-53-22-9-6-20-49(53)50-35-39(25-32-54(50)59)40-26-33-57-51(36-40)52-37-41(46-21-12-14-38-13-4-5-17-45(38)46)27-34-58(52)61(57)60-55-23-10-7-18-47(55)48-19-8-11-24-56(48)60/h1-37H. The van der Waals surface area contributed by atoms with Crippen molar-refractivity contribution in [2.45, 2.75) is 0 Å². The van der Waals surface area contributed by atoms with Crippen molar-refractivity contribution in [2.24, 2.45) is 0 Å². The lowest BCUT2D eigenvalue weighted by molar-refractivity contribution is 0.482. The summed E-state index contributed by atoms with van der Waals surface area (Å²) in [4.78, 5) is 0. The molecule has 0 atom stereocenters. The molecule has 0 aliphatic heterocycles. The molecular weight excluding hydrogens is 755 g/mol. The molecule has 0 aliphatic carbocycles. The van der Waals surface area contributed by atoms with Gasteiger partial charge < -0.3 is 9.30 Å². The highest BCUT2D eigenvalue weighted by Crippen LogP contribution is 2.41. The van der Waals surface area contributed by atoms with Gasteiger partial charge in [-0.1, -0.05) is 133 Å². The molecule has 0 aliphatic rings. The van der Waals surface area contributed by atoms with Crippen molar-refractivity contribution in [3.05, 3.63) is 224 Å². The molecule has 4 nitrogen and oxygen atoms in total. The zero-order valence-electron chi connectivity index (χ0n) is 33.6. The molecule has 0 unspecified atom stereocenters. The second kappa shape index (κ2) is 13.6. The van der Waals surface area contributed by atoms with Crippen LogP contribution in [0.2, 0.25) is 0 Å². The van der Waals surface area contributed by atoms with Crippen molar-refractivity contribution >= 4 is 76.2 Å². The first-order chi connectivity index (χ1) is 30.7. The van der Waals surface area contributed by atoms with E-state index in [9.17, 15) is 0 Å². The highest BCUT2D eigenvalue weighted by Gasteiger charge is 2.20. The highest BCUT2D eigenvalue weighted by molar-refractivity contribution is 6.15. The van der Waals surface area contributed by atoms with Gasteiger partial charge in [-0.3, -0.25) is 0 Å². The van der Waals surface area contributed by atoms with Gasteiger partial charge in [0.1, 0.15) is 11.5 Å². The molecular formula is C58H37N3O. The van der Waals surface area contributed by atoms with Crippen LogP contribution in [-0.4, -0.2) is 13.9 Å². The molecule has 13 rings (SSSR count). The van der Waals surface area contributed by atoms with Gasteiger partial charge in [0.05, 0.1) is 33.1 Å². The van der Waals surface area contributed by atoms with Crippen LogP contribution in [0.15, 0.2) is 224 Å². The number of para-hydroxylation sites is 4. The van der Waals surface area contributed by atoms with E-state index in [2.05, 4.69) is 196 Å². The average Bonchev–Trinajstić information content (AvgIpc) is 3.96. The lowest BCUT2D eigenvalue weighted by Gasteiger charge is -2.14. The van der Waals surface area contributed by atoms with Crippen molar-refractivity contribution in [1.29, 1.82) is 0 Å². The van der Waals surface area contributed by atoms with Crippen LogP contribution >= 0.6 is 0 Å². The van der Waals surface area contributed by atoms with Crippen molar-refractivity contribution in [2.75, 3.05) is 0 Å². The Morgan fingerprint density at radius 3 is 1.37 bits per heavy atom. The van der Waals surface area contributed by atoms with Gasteiger partial charge in [-0.15, -0.1) is 0 Å². The van der Waals surface area contributed by atoms with Crippen LogP contribution in [0.3, 0.4) is 0 Å². The number of nitrogens with zero attached hydrogens (tertiary/aromatic N) is 3. The van der Waals surface area contributed by atoms with E-state index in [1.165, 1.54) is 81.9 Å². The van der Waals surface area contributed by atoms with Crippen LogP contribution in [0.4, 0.5) is 0 Å².